The Labute approximate surface area is 199 Å². The zero-order valence-corrected chi connectivity index (χ0v) is 22.6. The predicted octanol–water partition coefficient (Wildman–Crippen LogP) is 10.4. The molecule has 1 nitrogen and oxygen atoms in total. The van der Waals surface area contributed by atoms with Gasteiger partial charge in [-0.3, -0.25) is 0 Å². The first kappa shape index (κ1) is 31.0. The monoisotopic (exact) mass is 436 g/mol. The molecular formula is C30H62N. The van der Waals surface area contributed by atoms with Crippen molar-refractivity contribution < 1.29 is 0 Å². The first-order valence-corrected chi connectivity index (χ1v) is 14.8. The first-order chi connectivity index (χ1) is 15.2. The molecule has 0 aliphatic rings. The van der Waals surface area contributed by atoms with Crippen molar-refractivity contribution in [3.05, 3.63) is 6.92 Å². The van der Waals surface area contributed by atoms with Crippen LogP contribution in [-0.2, 0) is 0 Å². The van der Waals surface area contributed by atoms with Crippen molar-refractivity contribution in [1.29, 1.82) is 0 Å². The Morgan fingerprint density at radius 3 is 1.52 bits per heavy atom. The molecule has 1 heteroatoms. The molecule has 187 valence electrons. The van der Waals surface area contributed by atoms with Gasteiger partial charge < -0.3 is 4.90 Å². The molecule has 2 unspecified atom stereocenters. The van der Waals surface area contributed by atoms with Crippen LogP contribution in [0, 0.1) is 12.8 Å². The summed E-state index contributed by atoms with van der Waals surface area (Å²) in [5, 5.41) is 0. The second-order valence-corrected chi connectivity index (χ2v) is 10.2. The highest BCUT2D eigenvalue weighted by Crippen LogP contribution is 2.25. The Morgan fingerprint density at radius 1 is 0.516 bits per heavy atom. The Balaban J connectivity index is 4.19. The molecule has 0 saturated heterocycles. The van der Waals surface area contributed by atoms with Gasteiger partial charge in [-0.15, -0.1) is 0 Å². The summed E-state index contributed by atoms with van der Waals surface area (Å²) >= 11 is 0. The fourth-order valence-electron chi connectivity index (χ4n) is 5.10. The maximum Gasteiger partial charge on any atom is 0.00926 e. The molecule has 2 atom stereocenters. The highest BCUT2D eigenvalue weighted by Gasteiger charge is 2.17. The minimum atomic E-state index is 0.819. The SMILES string of the molecule is [CH2]CCCC(CCCCCCCCCCC)CCCC(CC)N(CCCC)CCCC. The molecule has 0 heterocycles. The number of hydrogen-bond donors (Lipinski definition) is 0. The van der Waals surface area contributed by atoms with Gasteiger partial charge in [0.25, 0.3) is 0 Å². The largest absolute Gasteiger partial charge is 0.300 e. The molecule has 0 bridgehead atoms. The van der Waals surface area contributed by atoms with Crippen molar-refractivity contribution in [2.75, 3.05) is 13.1 Å². The molecule has 0 spiro atoms. The van der Waals surface area contributed by atoms with E-state index in [1.165, 1.54) is 142 Å². The first-order valence-electron chi connectivity index (χ1n) is 14.8. The van der Waals surface area contributed by atoms with Crippen molar-refractivity contribution in [3.8, 4) is 0 Å². The van der Waals surface area contributed by atoms with Crippen molar-refractivity contribution >= 4 is 0 Å². The van der Waals surface area contributed by atoms with E-state index in [-0.39, 0.29) is 0 Å². The van der Waals surface area contributed by atoms with Crippen molar-refractivity contribution in [2.45, 2.75) is 169 Å². The molecule has 0 aromatic carbocycles. The number of hydrogen-bond acceptors (Lipinski definition) is 1. The normalized spacial score (nSPS) is 13.7. The van der Waals surface area contributed by atoms with Crippen LogP contribution in [0.3, 0.4) is 0 Å². The quantitative estimate of drug-likeness (QED) is 0.129. The lowest BCUT2D eigenvalue weighted by Gasteiger charge is -2.31. The summed E-state index contributed by atoms with van der Waals surface area (Å²) in [6.45, 7) is 16.1. The molecule has 0 aromatic heterocycles. The third-order valence-electron chi connectivity index (χ3n) is 7.31. The summed E-state index contributed by atoms with van der Waals surface area (Å²) in [4.78, 5) is 2.83. The summed E-state index contributed by atoms with van der Waals surface area (Å²) in [5.74, 6) is 0.962. The highest BCUT2D eigenvalue weighted by atomic mass is 15.1. The molecule has 0 N–H and O–H groups in total. The third-order valence-corrected chi connectivity index (χ3v) is 7.31. The van der Waals surface area contributed by atoms with E-state index in [0.717, 1.165) is 18.4 Å². The van der Waals surface area contributed by atoms with Crippen LogP contribution in [0.25, 0.3) is 0 Å². The third kappa shape index (κ3) is 19.2. The van der Waals surface area contributed by atoms with Crippen molar-refractivity contribution in [2.24, 2.45) is 5.92 Å². The zero-order valence-electron chi connectivity index (χ0n) is 22.6. The fourth-order valence-corrected chi connectivity index (χ4v) is 5.10. The van der Waals surface area contributed by atoms with E-state index in [1.54, 1.807) is 0 Å². The second-order valence-electron chi connectivity index (χ2n) is 10.2. The number of unbranched alkanes of at least 4 members (excludes halogenated alkanes) is 11. The number of nitrogens with zero attached hydrogens (tertiary/aromatic N) is 1. The van der Waals surface area contributed by atoms with E-state index in [2.05, 4.69) is 39.5 Å². The van der Waals surface area contributed by atoms with E-state index in [1.807, 2.05) is 0 Å². The molecule has 0 amide bonds. The molecule has 0 aliphatic carbocycles. The standard InChI is InChI=1S/C30H62N/c1-6-11-15-16-17-18-19-20-21-24-29(23-12-7-2)25-22-26-30(10-5)31(27-13-8-3)28-14-9-4/h29-30H,2,6-28H2,1,3-5H3. The van der Waals surface area contributed by atoms with Gasteiger partial charge in [0.05, 0.1) is 0 Å². The van der Waals surface area contributed by atoms with E-state index in [0.29, 0.717) is 0 Å². The minimum Gasteiger partial charge on any atom is -0.300 e. The van der Waals surface area contributed by atoms with Gasteiger partial charge in [0.1, 0.15) is 0 Å². The lowest BCUT2D eigenvalue weighted by atomic mass is 9.89. The van der Waals surface area contributed by atoms with Gasteiger partial charge in [0.15, 0.2) is 0 Å². The molecule has 0 fully saturated rings. The van der Waals surface area contributed by atoms with Crippen molar-refractivity contribution in [3.63, 3.8) is 0 Å². The summed E-state index contributed by atoms with van der Waals surface area (Å²) in [5.41, 5.74) is 0. The average Bonchev–Trinajstić information content (AvgIpc) is 2.79. The fraction of sp³-hybridized carbons (Fsp3) is 0.967. The molecular weight excluding hydrogens is 374 g/mol. The smallest absolute Gasteiger partial charge is 0.00926 e. The summed E-state index contributed by atoms with van der Waals surface area (Å²) in [6, 6.07) is 0.819. The van der Waals surface area contributed by atoms with Crippen LogP contribution in [0.1, 0.15) is 163 Å². The van der Waals surface area contributed by atoms with Gasteiger partial charge in [-0.1, -0.05) is 144 Å². The van der Waals surface area contributed by atoms with Gasteiger partial charge in [-0.2, -0.15) is 0 Å². The van der Waals surface area contributed by atoms with Gasteiger partial charge in [-0.05, 0) is 44.7 Å². The Bertz CT molecular complexity index is 318. The predicted molar refractivity (Wildman–Crippen MR) is 144 cm³/mol. The molecule has 0 aromatic rings. The Hall–Kier alpha value is -0.0400. The zero-order chi connectivity index (χ0) is 23.0. The summed E-state index contributed by atoms with van der Waals surface area (Å²) in [6.07, 6.45) is 29.4. The Morgan fingerprint density at radius 2 is 1.00 bits per heavy atom. The summed E-state index contributed by atoms with van der Waals surface area (Å²) in [7, 11) is 0. The molecule has 0 rings (SSSR count). The van der Waals surface area contributed by atoms with Gasteiger partial charge in [0.2, 0.25) is 0 Å². The van der Waals surface area contributed by atoms with Crippen LogP contribution in [0.15, 0.2) is 0 Å². The molecule has 1 radical (unpaired) electrons. The topological polar surface area (TPSA) is 3.24 Å². The average molecular weight is 437 g/mol. The highest BCUT2D eigenvalue weighted by molar-refractivity contribution is 4.72. The molecule has 0 saturated carbocycles. The second kappa shape index (κ2) is 24.6. The molecule has 31 heavy (non-hydrogen) atoms. The number of rotatable bonds is 25. The van der Waals surface area contributed by atoms with E-state index in [9.17, 15) is 0 Å². The summed E-state index contributed by atoms with van der Waals surface area (Å²) < 4.78 is 0. The van der Waals surface area contributed by atoms with Crippen LogP contribution in [0.5, 0.6) is 0 Å². The lowest BCUT2D eigenvalue weighted by Crippen LogP contribution is -2.36. The Kier molecular flexibility index (Phi) is 24.6. The van der Waals surface area contributed by atoms with Crippen molar-refractivity contribution in [1.82, 2.24) is 4.90 Å². The van der Waals surface area contributed by atoms with E-state index >= 15 is 0 Å². The lowest BCUT2D eigenvalue weighted by molar-refractivity contribution is 0.170. The molecule has 0 aliphatic heterocycles. The van der Waals surface area contributed by atoms with Gasteiger partial charge in [-0.25, -0.2) is 0 Å². The van der Waals surface area contributed by atoms with Crippen LogP contribution in [0.4, 0.5) is 0 Å². The van der Waals surface area contributed by atoms with E-state index < -0.39 is 0 Å². The van der Waals surface area contributed by atoms with Crippen LogP contribution < -0.4 is 0 Å². The minimum absolute atomic E-state index is 0.819. The van der Waals surface area contributed by atoms with Gasteiger partial charge in [0, 0.05) is 6.04 Å². The van der Waals surface area contributed by atoms with E-state index in [4.69, 9.17) is 0 Å². The van der Waals surface area contributed by atoms with Crippen LogP contribution in [0.2, 0.25) is 0 Å². The van der Waals surface area contributed by atoms with Gasteiger partial charge >= 0.3 is 0 Å². The van der Waals surface area contributed by atoms with Crippen LogP contribution >= 0.6 is 0 Å². The maximum atomic E-state index is 4.10. The maximum absolute atomic E-state index is 4.10. The van der Waals surface area contributed by atoms with Crippen LogP contribution in [-0.4, -0.2) is 24.0 Å².